The number of hydrogen-bond acceptors (Lipinski definition) is 5. The molecule has 2 aromatic carbocycles. The highest BCUT2D eigenvalue weighted by Gasteiger charge is 2.22. The standard InChI is InChI=1S/C20H22N4O3/c25-20(18-6-8-19(9-7-18)24(26)27)23-14-12-22(13-15-23)11-10-21-16-17-4-2-1-3-5-17/h1-9,16H,10-15H2. The van der Waals surface area contributed by atoms with Gasteiger partial charge in [-0.3, -0.25) is 24.8 Å². The molecule has 7 nitrogen and oxygen atoms in total. The monoisotopic (exact) mass is 366 g/mol. The van der Waals surface area contributed by atoms with Gasteiger partial charge in [-0.2, -0.15) is 0 Å². The second-order valence-electron chi connectivity index (χ2n) is 6.38. The first-order valence-electron chi connectivity index (χ1n) is 8.94. The molecule has 0 atom stereocenters. The second-order valence-corrected chi connectivity index (χ2v) is 6.38. The summed E-state index contributed by atoms with van der Waals surface area (Å²) in [4.78, 5) is 31.3. The van der Waals surface area contributed by atoms with Crippen LogP contribution < -0.4 is 0 Å². The number of nitro benzene ring substituents is 1. The van der Waals surface area contributed by atoms with Gasteiger partial charge in [-0.05, 0) is 17.7 Å². The van der Waals surface area contributed by atoms with E-state index in [1.165, 1.54) is 24.3 Å². The zero-order valence-corrected chi connectivity index (χ0v) is 15.0. The lowest BCUT2D eigenvalue weighted by Crippen LogP contribution is -2.49. The van der Waals surface area contributed by atoms with Gasteiger partial charge in [0.15, 0.2) is 0 Å². The van der Waals surface area contributed by atoms with Crippen molar-refractivity contribution in [3.8, 4) is 0 Å². The van der Waals surface area contributed by atoms with Crippen molar-refractivity contribution >= 4 is 17.8 Å². The molecule has 1 aliphatic rings. The summed E-state index contributed by atoms with van der Waals surface area (Å²) in [6.07, 6.45) is 1.88. The number of carbonyl (C=O) groups is 1. The Labute approximate surface area is 158 Å². The number of carbonyl (C=O) groups excluding carboxylic acids is 1. The van der Waals surface area contributed by atoms with Crippen LogP contribution in [0.4, 0.5) is 5.69 Å². The minimum absolute atomic E-state index is 0.00701. The molecule has 1 fully saturated rings. The molecule has 0 bridgehead atoms. The average Bonchev–Trinajstić information content (AvgIpc) is 2.72. The van der Waals surface area contributed by atoms with Crippen molar-refractivity contribution in [1.82, 2.24) is 9.80 Å². The number of nitro groups is 1. The molecule has 1 aliphatic heterocycles. The Morgan fingerprint density at radius 1 is 1.04 bits per heavy atom. The predicted octanol–water partition coefficient (Wildman–Crippen LogP) is 2.47. The molecular weight excluding hydrogens is 344 g/mol. The van der Waals surface area contributed by atoms with E-state index in [9.17, 15) is 14.9 Å². The van der Waals surface area contributed by atoms with Crippen LogP contribution in [-0.4, -0.2) is 66.1 Å². The fraction of sp³-hybridized carbons (Fsp3) is 0.300. The van der Waals surface area contributed by atoms with Crippen molar-refractivity contribution in [2.75, 3.05) is 39.3 Å². The summed E-state index contributed by atoms with van der Waals surface area (Å²) in [5.41, 5.74) is 1.57. The van der Waals surface area contributed by atoms with Crippen LogP contribution in [0.5, 0.6) is 0 Å². The number of non-ortho nitro benzene ring substituents is 1. The van der Waals surface area contributed by atoms with Crippen molar-refractivity contribution in [1.29, 1.82) is 0 Å². The van der Waals surface area contributed by atoms with Crippen molar-refractivity contribution in [2.24, 2.45) is 4.99 Å². The third-order valence-corrected chi connectivity index (χ3v) is 4.57. The summed E-state index contributed by atoms with van der Waals surface area (Å²) in [6, 6.07) is 15.8. The normalized spacial score (nSPS) is 15.2. The molecule has 1 amide bonds. The summed E-state index contributed by atoms with van der Waals surface area (Å²) in [6.45, 7) is 4.50. The maximum absolute atomic E-state index is 12.5. The minimum Gasteiger partial charge on any atom is -0.336 e. The van der Waals surface area contributed by atoms with Gasteiger partial charge in [-0.15, -0.1) is 0 Å². The Morgan fingerprint density at radius 3 is 2.33 bits per heavy atom. The molecule has 140 valence electrons. The van der Waals surface area contributed by atoms with Gasteiger partial charge in [0.2, 0.25) is 0 Å². The Morgan fingerprint density at radius 2 is 1.70 bits per heavy atom. The summed E-state index contributed by atoms with van der Waals surface area (Å²) in [7, 11) is 0. The van der Waals surface area contributed by atoms with Gasteiger partial charge in [0, 0.05) is 56.6 Å². The SMILES string of the molecule is O=C(c1ccc([N+](=O)[O-])cc1)N1CCN(CCN=Cc2ccccc2)CC1. The molecule has 1 saturated heterocycles. The molecule has 0 aliphatic carbocycles. The van der Waals surface area contributed by atoms with Crippen molar-refractivity contribution in [3.05, 3.63) is 75.8 Å². The molecule has 7 heteroatoms. The van der Waals surface area contributed by atoms with Crippen LogP contribution in [0, 0.1) is 10.1 Å². The highest BCUT2D eigenvalue weighted by atomic mass is 16.6. The molecule has 0 N–H and O–H groups in total. The Hall–Kier alpha value is -3.06. The Bertz CT molecular complexity index is 798. The largest absolute Gasteiger partial charge is 0.336 e. The zero-order valence-electron chi connectivity index (χ0n) is 15.0. The van der Waals surface area contributed by atoms with Crippen LogP contribution in [0.15, 0.2) is 59.6 Å². The third-order valence-electron chi connectivity index (χ3n) is 4.57. The molecule has 0 spiro atoms. The minimum atomic E-state index is -0.465. The maximum Gasteiger partial charge on any atom is 0.269 e. The van der Waals surface area contributed by atoms with E-state index in [2.05, 4.69) is 9.89 Å². The number of amides is 1. The fourth-order valence-electron chi connectivity index (χ4n) is 2.99. The second kappa shape index (κ2) is 9.05. The van der Waals surface area contributed by atoms with E-state index >= 15 is 0 Å². The van der Waals surface area contributed by atoms with E-state index in [1.807, 2.05) is 36.5 Å². The van der Waals surface area contributed by atoms with Gasteiger partial charge in [0.1, 0.15) is 0 Å². The molecule has 0 unspecified atom stereocenters. The van der Waals surface area contributed by atoms with Gasteiger partial charge in [0.25, 0.3) is 11.6 Å². The van der Waals surface area contributed by atoms with E-state index in [0.717, 1.165) is 31.7 Å². The van der Waals surface area contributed by atoms with Crippen molar-refractivity contribution < 1.29 is 9.72 Å². The van der Waals surface area contributed by atoms with E-state index in [0.29, 0.717) is 18.7 Å². The van der Waals surface area contributed by atoms with Gasteiger partial charge in [0.05, 0.1) is 11.5 Å². The topological polar surface area (TPSA) is 79.0 Å². The lowest BCUT2D eigenvalue weighted by atomic mass is 10.1. The molecule has 27 heavy (non-hydrogen) atoms. The number of benzene rings is 2. The molecule has 0 saturated carbocycles. The van der Waals surface area contributed by atoms with Crippen LogP contribution in [-0.2, 0) is 0 Å². The quantitative estimate of drug-likeness (QED) is 0.447. The van der Waals surface area contributed by atoms with Gasteiger partial charge in [-0.1, -0.05) is 30.3 Å². The number of piperazine rings is 1. The van der Waals surface area contributed by atoms with Crippen LogP contribution in [0.1, 0.15) is 15.9 Å². The van der Waals surface area contributed by atoms with Gasteiger partial charge in [-0.25, -0.2) is 0 Å². The predicted molar refractivity (Wildman–Crippen MR) is 104 cm³/mol. The first-order valence-corrected chi connectivity index (χ1v) is 8.94. The van der Waals surface area contributed by atoms with Crippen LogP contribution in [0.3, 0.4) is 0 Å². The first-order chi connectivity index (χ1) is 13.1. The lowest BCUT2D eigenvalue weighted by molar-refractivity contribution is -0.384. The van der Waals surface area contributed by atoms with Gasteiger partial charge < -0.3 is 4.90 Å². The maximum atomic E-state index is 12.5. The number of aliphatic imine (C=N–C) groups is 1. The third kappa shape index (κ3) is 5.21. The van der Waals surface area contributed by atoms with E-state index in [-0.39, 0.29) is 11.6 Å². The summed E-state index contributed by atoms with van der Waals surface area (Å²) < 4.78 is 0. The fourth-order valence-corrected chi connectivity index (χ4v) is 2.99. The van der Waals surface area contributed by atoms with E-state index in [1.54, 1.807) is 4.90 Å². The number of nitrogens with zero attached hydrogens (tertiary/aromatic N) is 4. The van der Waals surface area contributed by atoms with Crippen LogP contribution >= 0.6 is 0 Å². The number of hydrogen-bond donors (Lipinski definition) is 0. The highest BCUT2D eigenvalue weighted by Crippen LogP contribution is 2.14. The molecule has 0 aromatic heterocycles. The first kappa shape index (κ1) is 18.7. The Balaban J connectivity index is 1.43. The van der Waals surface area contributed by atoms with Gasteiger partial charge >= 0.3 is 0 Å². The summed E-state index contributed by atoms with van der Waals surface area (Å²) in [5.74, 6) is -0.0772. The Kier molecular flexibility index (Phi) is 6.27. The smallest absolute Gasteiger partial charge is 0.269 e. The summed E-state index contributed by atoms with van der Waals surface area (Å²) in [5, 5.41) is 10.7. The zero-order chi connectivity index (χ0) is 19.1. The average molecular weight is 366 g/mol. The van der Waals surface area contributed by atoms with Crippen molar-refractivity contribution in [3.63, 3.8) is 0 Å². The molecule has 0 radical (unpaired) electrons. The van der Waals surface area contributed by atoms with E-state index < -0.39 is 4.92 Å². The highest BCUT2D eigenvalue weighted by molar-refractivity contribution is 5.94. The molecule has 3 rings (SSSR count). The van der Waals surface area contributed by atoms with Crippen molar-refractivity contribution in [2.45, 2.75) is 0 Å². The molecule has 1 heterocycles. The van der Waals surface area contributed by atoms with Crippen LogP contribution in [0.25, 0.3) is 0 Å². The molecular formula is C20H22N4O3. The number of rotatable bonds is 6. The van der Waals surface area contributed by atoms with E-state index in [4.69, 9.17) is 0 Å². The lowest BCUT2D eigenvalue weighted by Gasteiger charge is -2.34. The summed E-state index contributed by atoms with van der Waals surface area (Å²) >= 11 is 0. The molecule has 2 aromatic rings. The van der Waals surface area contributed by atoms with Crippen LogP contribution in [0.2, 0.25) is 0 Å².